The van der Waals surface area contributed by atoms with Crippen LogP contribution in [0, 0.1) is 0 Å². The molecule has 0 amide bonds. The van der Waals surface area contributed by atoms with Crippen LogP contribution in [0.15, 0.2) is 237 Å². The summed E-state index contributed by atoms with van der Waals surface area (Å²) in [5.74, 6) is 0.191. The number of hydrogen-bond acceptors (Lipinski definition) is 12. The summed E-state index contributed by atoms with van der Waals surface area (Å²) in [4.78, 5) is 77.0. The van der Waals surface area contributed by atoms with E-state index in [1.165, 1.54) is 36.4 Å². The predicted octanol–water partition coefficient (Wildman–Crippen LogP) is 13.3. The Morgan fingerprint density at radius 1 is 0.219 bits per heavy atom. The van der Waals surface area contributed by atoms with Crippen molar-refractivity contribution in [2.45, 2.75) is 5.92 Å². The molecule has 0 saturated heterocycles. The van der Waals surface area contributed by atoms with Gasteiger partial charge in [-0.3, -0.25) is 14.4 Å². The largest absolute Gasteiger partial charge is 0.519 e. The van der Waals surface area contributed by atoms with Gasteiger partial charge in [0.2, 0.25) is 0 Å². The first-order valence-corrected chi connectivity index (χ1v) is 22.7. The fourth-order valence-corrected chi connectivity index (χ4v) is 7.69. The molecule has 0 aromatic heterocycles. The van der Waals surface area contributed by atoms with Crippen LogP contribution in [0.5, 0.6) is 34.5 Å². The average molecular weight is 965 g/mol. The van der Waals surface area contributed by atoms with Crippen molar-refractivity contribution in [2.24, 2.45) is 0 Å². The standard InChI is InChI=1S/C61H40O12/c62-56(43-10-4-1-5-11-43)46-22-34-52(35-23-46)71-59(65)68-49-28-16-40(17-29-49)55(41-18-30-50(31-19-41)69-60(66)72-53-36-24-47(25-37-53)57(63)44-12-6-2-7-13-44)42-20-32-51(33-21-42)70-61(67)73-54-38-26-48(27-39-54)58(64)45-14-8-3-9-15-45/h1-39,55H. The van der Waals surface area contributed by atoms with Gasteiger partial charge in [-0.25, -0.2) is 14.4 Å². The molecule has 9 aromatic rings. The summed E-state index contributed by atoms with van der Waals surface area (Å²) >= 11 is 0. The summed E-state index contributed by atoms with van der Waals surface area (Å²) in [6.07, 6.45) is -2.96. The second kappa shape index (κ2) is 22.5. The highest BCUT2D eigenvalue weighted by molar-refractivity contribution is 6.10. The molecule has 0 bridgehead atoms. The van der Waals surface area contributed by atoms with Gasteiger partial charge in [-0.1, -0.05) is 127 Å². The van der Waals surface area contributed by atoms with Gasteiger partial charge in [-0.15, -0.1) is 0 Å². The highest BCUT2D eigenvalue weighted by atomic mass is 16.7. The van der Waals surface area contributed by atoms with Crippen LogP contribution in [-0.4, -0.2) is 35.8 Å². The van der Waals surface area contributed by atoms with Crippen molar-refractivity contribution < 1.29 is 57.2 Å². The van der Waals surface area contributed by atoms with Crippen molar-refractivity contribution in [3.05, 3.63) is 287 Å². The van der Waals surface area contributed by atoms with Gasteiger partial charge in [0.25, 0.3) is 0 Å². The first kappa shape index (κ1) is 47.8. The van der Waals surface area contributed by atoms with E-state index in [2.05, 4.69) is 0 Å². The Labute approximate surface area is 418 Å². The van der Waals surface area contributed by atoms with Crippen LogP contribution in [0.1, 0.15) is 70.4 Å². The molecule has 0 fully saturated rings. The summed E-state index contributed by atoms with van der Waals surface area (Å²) in [5, 5.41) is 0. The maximum atomic E-state index is 12.9. The monoisotopic (exact) mass is 964 g/mol. The van der Waals surface area contributed by atoms with Crippen LogP contribution in [0.3, 0.4) is 0 Å². The molecule has 0 spiro atoms. The normalized spacial score (nSPS) is 10.6. The lowest BCUT2D eigenvalue weighted by Crippen LogP contribution is -2.14. The van der Waals surface area contributed by atoms with E-state index in [0.717, 1.165) is 16.7 Å². The maximum absolute atomic E-state index is 12.9. The molecule has 0 N–H and O–H groups in total. The van der Waals surface area contributed by atoms with Crippen LogP contribution in [0.25, 0.3) is 0 Å². The topological polar surface area (TPSA) is 158 Å². The van der Waals surface area contributed by atoms with Gasteiger partial charge in [0, 0.05) is 39.3 Å². The Kier molecular flexibility index (Phi) is 14.7. The van der Waals surface area contributed by atoms with Crippen LogP contribution in [-0.2, 0) is 0 Å². The quantitative estimate of drug-likeness (QED) is 0.0415. The van der Waals surface area contributed by atoms with E-state index in [4.69, 9.17) is 28.4 Å². The number of rotatable bonds is 15. The number of benzene rings is 9. The van der Waals surface area contributed by atoms with Gasteiger partial charge >= 0.3 is 18.5 Å². The fraction of sp³-hybridized carbons (Fsp3) is 0.0164. The lowest BCUT2D eigenvalue weighted by molar-refractivity contribution is 0.103. The molecule has 12 heteroatoms. The van der Waals surface area contributed by atoms with Crippen molar-refractivity contribution in [3.63, 3.8) is 0 Å². The van der Waals surface area contributed by atoms with E-state index in [-0.39, 0.29) is 51.8 Å². The summed E-state index contributed by atoms with van der Waals surface area (Å²) in [6.45, 7) is 0. The zero-order valence-corrected chi connectivity index (χ0v) is 38.5. The van der Waals surface area contributed by atoms with E-state index in [1.807, 2.05) is 18.2 Å². The molecular weight excluding hydrogens is 925 g/mol. The van der Waals surface area contributed by atoms with Gasteiger partial charge in [0.05, 0.1) is 0 Å². The molecule has 9 rings (SSSR count). The molecule has 0 aliphatic heterocycles. The van der Waals surface area contributed by atoms with Crippen molar-refractivity contribution in [3.8, 4) is 34.5 Å². The van der Waals surface area contributed by atoms with Crippen LogP contribution in [0.4, 0.5) is 14.4 Å². The van der Waals surface area contributed by atoms with Gasteiger partial charge in [0.15, 0.2) is 17.3 Å². The van der Waals surface area contributed by atoms with E-state index in [9.17, 15) is 28.8 Å². The molecule has 12 nitrogen and oxygen atoms in total. The molecule has 9 aromatic carbocycles. The van der Waals surface area contributed by atoms with Crippen molar-refractivity contribution in [1.82, 2.24) is 0 Å². The first-order valence-electron chi connectivity index (χ1n) is 22.7. The molecule has 0 aliphatic rings. The van der Waals surface area contributed by atoms with Gasteiger partial charge in [-0.2, -0.15) is 0 Å². The zero-order valence-electron chi connectivity index (χ0n) is 38.5. The molecule has 0 atom stereocenters. The minimum atomic E-state index is -0.986. The summed E-state index contributed by atoms with van der Waals surface area (Å²) in [7, 11) is 0. The smallest absolute Gasteiger partial charge is 0.395 e. The number of carbonyl (C=O) groups is 6. The Morgan fingerprint density at radius 3 is 0.603 bits per heavy atom. The summed E-state index contributed by atoms with van der Waals surface area (Å²) < 4.78 is 32.6. The van der Waals surface area contributed by atoms with E-state index >= 15 is 0 Å². The number of ether oxygens (including phenoxy) is 6. The SMILES string of the molecule is O=C(Oc1ccc(C(=O)c2ccccc2)cc1)Oc1ccc(C(c2ccc(OC(=O)Oc3ccc(C(=O)c4ccccc4)cc3)cc2)c2ccc(OC(=O)Oc3ccc(C(=O)c4ccccc4)cc3)cc2)cc1. The minimum absolute atomic E-state index is 0.168. The molecule has 0 aliphatic carbocycles. The van der Waals surface area contributed by atoms with Gasteiger partial charge in [-0.05, 0) is 126 Å². The Hall–Kier alpha value is -10.2. The Morgan fingerprint density at radius 2 is 0.397 bits per heavy atom. The van der Waals surface area contributed by atoms with Crippen LogP contribution < -0.4 is 28.4 Å². The lowest BCUT2D eigenvalue weighted by Gasteiger charge is -2.20. The van der Waals surface area contributed by atoms with Crippen molar-refractivity contribution in [2.75, 3.05) is 0 Å². The highest BCUT2D eigenvalue weighted by Gasteiger charge is 2.21. The molecule has 0 heterocycles. The second-order valence-electron chi connectivity index (χ2n) is 16.2. The molecule has 356 valence electrons. The second-order valence-corrected chi connectivity index (χ2v) is 16.2. The summed E-state index contributed by atoms with van der Waals surface area (Å²) in [6, 6.07) is 65.3. The molecular formula is C61H40O12. The third kappa shape index (κ3) is 12.3. The van der Waals surface area contributed by atoms with E-state index < -0.39 is 24.4 Å². The zero-order chi connectivity index (χ0) is 50.5. The highest BCUT2D eigenvalue weighted by Crippen LogP contribution is 2.35. The lowest BCUT2D eigenvalue weighted by atomic mass is 9.85. The Balaban J connectivity index is 0.871. The molecule has 73 heavy (non-hydrogen) atoms. The maximum Gasteiger partial charge on any atom is 0.519 e. The third-order valence-corrected chi connectivity index (χ3v) is 11.3. The average Bonchev–Trinajstić information content (AvgIpc) is 3.43. The third-order valence-electron chi connectivity index (χ3n) is 11.3. The predicted molar refractivity (Wildman–Crippen MR) is 269 cm³/mol. The van der Waals surface area contributed by atoms with Crippen LogP contribution in [0.2, 0.25) is 0 Å². The molecule has 0 saturated carbocycles. The fourth-order valence-electron chi connectivity index (χ4n) is 7.69. The molecule has 0 radical (unpaired) electrons. The first-order chi connectivity index (χ1) is 35.6. The molecule has 0 unspecified atom stereocenters. The van der Waals surface area contributed by atoms with Crippen molar-refractivity contribution >= 4 is 35.8 Å². The van der Waals surface area contributed by atoms with Gasteiger partial charge in [0.1, 0.15) is 34.5 Å². The van der Waals surface area contributed by atoms with E-state index in [0.29, 0.717) is 33.4 Å². The number of carbonyl (C=O) groups excluding carboxylic acids is 6. The number of hydrogen-bond donors (Lipinski definition) is 0. The van der Waals surface area contributed by atoms with Crippen molar-refractivity contribution in [1.29, 1.82) is 0 Å². The van der Waals surface area contributed by atoms with E-state index in [1.54, 1.807) is 182 Å². The Bertz CT molecular complexity index is 3010. The number of ketones is 3. The van der Waals surface area contributed by atoms with Crippen LogP contribution >= 0.6 is 0 Å². The van der Waals surface area contributed by atoms with Gasteiger partial charge < -0.3 is 28.4 Å². The minimum Gasteiger partial charge on any atom is -0.395 e. The summed E-state index contributed by atoms with van der Waals surface area (Å²) in [5.41, 5.74) is 5.20.